The molecular formula is C12H14ClNO4. The minimum absolute atomic E-state index is 0.176. The second kappa shape index (κ2) is 6.88. The van der Waals surface area contributed by atoms with Gasteiger partial charge in [0, 0.05) is 5.02 Å². The number of carboxylic acid groups (broad SMARTS) is 1. The number of rotatable bonds is 7. The first-order valence-electron chi connectivity index (χ1n) is 5.21. The van der Waals surface area contributed by atoms with Crippen molar-refractivity contribution in [3.05, 3.63) is 41.6 Å². The first kappa shape index (κ1) is 14.3. The van der Waals surface area contributed by atoms with Gasteiger partial charge < -0.3 is 9.84 Å². The van der Waals surface area contributed by atoms with Crippen LogP contribution >= 0.6 is 11.6 Å². The Morgan fingerprint density at radius 1 is 1.50 bits per heavy atom. The lowest BCUT2D eigenvalue weighted by molar-refractivity contribution is -0.135. The molecule has 98 valence electrons. The summed E-state index contributed by atoms with van der Waals surface area (Å²) in [6.07, 6.45) is -0.250. The molecule has 0 heterocycles. The number of nitrogens with one attached hydrogen (secondary N) is 1. The van der Waals surface area contributed by atoms with Crippen molar-refractivity contribution in [3.8, 4) is 5.75 Å². The van der Waals surface area contributed by atoms with E-state index in [1.165, 1.54) is 0 Å². The standard InChI is InChI=1S/C12H14ClNO4/c1-8(7-17-14-9(2)12(15)16)18-11-5-3-10(13)4-6-11/h3-6,8,14H,2,7H2,1H3,(H,15,16). The summed E-state index contributed by atoms with van der Waals surface area (Å²) >= 11 is 5.74. The van der Waals surface area contributed by atoms with Crippen molar-refractivity contribution in [2.45, 2.75) is 13.0 Å². The maximum absolute atomic E-state index is 10.4. The van der Waals surface area contributed by atoms with E-state index in [2.05, 4.69) is 12.1 Å². The first-order chi connectivity index (χ1) is 8.49. The second-order valence-electron chi connectivity index (χ2n) is 3.58. The Bertz CT molecular complexity index is 419. The topological polar surface area (TPSA) is 67.8 Å². The van der Waals surface area contributed by atoms with E-state index in [-0.39, 0.29) is 18.4 Å². The molecule has 2 N–H and O–H groups in total. The molecule has 5 nitrogen and oxygen atoms in total. The van der Waals surface area contributed by atoms with Crippen molar-refractivity contribution >= 4 is 17.6 Å². The lowest BCUT2D eigenvalue weighted by Crippen LogP contribution is -2.27. The largest absolute Gasteiger partial charge is 0.488 e. The van der Waals surface area contributed by atoms with E-state index in [4.69, 9.17) is 26.3 Å². The summed E-state index contributed by atoms with van der Waals surface area (Å²) in [7, 11) is 0. The van der Waals surface area contributed by atoms with Crippen LogP contribution in [-0.2, 0) is 9.63 Å². The molecule has 0 aliphatic carbocycles. The fourth-order valence-corrected chi connectivity index (χ4v) is 1.20. The van der Waals surface area contributed by atoms with E-state index in [1.54, 1.807) is 31.2 Å². The van der Waals surface area contributed by atoms with Gasteiger partial charge in [-0.15, -0.1) is 0 Å². The van der Waals surface area contributed by atoms with Crippen molar-refractivity contribution in [2.24, 2.45) is 0 Å². The summed E-state index contributed by atoms with van der Waals surface area (Å²) in [5.74, 6) is -0.506. The molecule has 1 unspecified atom stereocenters. The molecule has 0 spiro atoms. The fraction of sp³-hybridized carbons (Fsp3) is 0.250. The van der Waals surface area contributed by atoms with Gasteiger partial charge in [-0.1, -0.05) is 18.2 Å². The smallest absolute Gasteiger partial charge is 0.353 e. The van der Waals surface area contributed by atoms with Gasteiger partial charge in [-0.05, 0) is 31.2 Å². The summed E-state index contributed by atoms with van der Waals surface area (Å²) in [5, 5.41) is 9.15. The van der Waals surface area contributed by atoms with Crippen molar-refractivity contribution < 1.29 is 19.5 Å². The van der Waals surface area contributed by atoms with Gasteiger partial charge in [-0.25, -0.2) is 4.79 Å². The van der Waals surface area contributed by atoms with E-state index >= 15 is 0 Å². The minimum atomic E-state index is -1.17. The van der Waals surface area contributed by atoms with Crippen LogP contribution in [0.4, 0.5) is 0 Å². The van der Waals surface area contributed by atoms with Gasteiger partial charge in [0.2, 0.25) is 0 Å². The molecule has 0 aliphatic heterocycles. The monoisotopic (exact) mass is 271 g/mol. The van der Waals surface area contributed by atoms with Crippen LogP contribution in [-0.4, -0.2) is 23.8 Å². The molecule has 1 aromatic rings. The highest BCUT2D eigenvalue weighted by atomic mass is 35.5. The Hall–Kier alpha value is -1.72. The third kappa shape index (κ3) is 5.07. The van der Waals surface area contributed by atoms with Gasteiger partial charge in [-0.3, -0.25) is 10.3 Å². The number of hydrogen-bond donors (Lipinski definition) is 2. The molecule has 0 aliphatic rings. The predicted octanol–water partition coefficient (Wildman–Crippen LogP) is 2.23. The zero-order chi connectivity index (χ0) is 13.5. The summed E-state index contributed by atoms with van der Waals surface area (Å²) in [4.78, 5) is 15.3. The number of halogens is 1. The first-order valence-corrected chi connectivity index (χ1v) is 5.59. The van der Waals surface area contributed by atoms with Crippen LogP contribution in [0.3, 0.4) is 0 Å². The SMILES string of the molecule is C=C(NOCC(C)Oc1ccc(Cl)cc1)C(=O)O. The van der Waals surface area contributed by atoms with Crippen molar-refractivity contribution in [3.63, 3.8) is 0 Å². The van der Waals surface area contributed by atoms with E-state index in [1.807, 2.05) is 0 Å². The molecule has 6 heteroatoms. The molecule has 0 saturated carbocycles. The maximum Gasteiger partial charge on any atom is 0.353 e. The van der Waals surface area contributed by atoms with Gasteiger partial charge in [-0.2, -0.15) is 0 Å². The van der Waals surface area contributed by atoms with Crippen LogP contribution in [0.1, 0.15) is 6.92 Å². The lowest BCUT2D eigenvalue weighted by Gasteiger charge is -2.15. The number of ether oxygens (including phenoxy) is 1. The highest BCUT2D eigenvalue weighted by Crippen LogP contribution is 2.16. The Morgan fingerprint density at radius 3 is 2.67 bits per heavy atom. The van der Waals surface area contributed by atoms with Crippen LogP contribution < -0.4 is 10.2 Å². The predicted molar refractivity (Wildman–Crippen MR) is 67.4 cm³/mol. The van der Waals surface area contributed by atoms with Crippen molar-refractivity contribution in [2.75, 3.05) is 6.61 Å². The Morgan fingerprint density at radius 2 is 2.11 bits per heavy atom. The van der Waals surface area contributed by atoms with Gasteiger partial charge in [0.05, 0.1) is 0 Å². The van der Waals surface area contributed by atoms with Crippen molar-refractivity contribution in [1.29, 1.82) is 0 Å². The number of carbonyl (C=O) groups is 1. The zero-order valence-electron chi connectivity index (χ0n) is 9.85. The Balaban J connectivity index is 2.29. The molecule has 0 amide bonds. The van der Waals surface area contributed by atoms with E-state index in [9.17, 15) is 4.79 Å². The normalized spacial score (nSPS) is 11.7. The van der Waals surface area contributed by atoms with Gasteiger partial charge in [0.25, 0.3) is 0 Å². The minimum Gasteiger partial charge on any atom is -0.488 e. The van der Waals surface area contributed by atoms with Crippen LogP contribution in [0.25, 0.3) is 0 Å². The van der Waals surface area contributed by atoms with Crippen LogP contribution in [0.5, 0.6) is 5.75 Å². The summed E-state index contributed by atoms with van der Waals surface area (Å²) in [6, 6.07) is 6.91. The number of hydroxylamine groups is 1. The molecule has 0 bridgehead atoms. The molecule has 18 heavy (non-hydrogen) atoms. The average molecular weight is 272 g/mol. The summed E-state index contributed by atoms with van der Waals surface area (Å²) < 4.78 is 5.51. The zero-order valence-corrected chi connectivity index (χ0v) is 10.6. The molecule has 0 radical (unpaired) electrons. The van der Waals surface area contributed by atoms with Gasteiger partial charge in [0.1, 0.15) is 24.2 Å². The number of benzene rings is 1. The Labute approximate surface area is 110 Å². The lowest BCUT2D eigenvalue weighted by atomic mass is 10.3. The quantitative estimate of drug-likeness (QED) is 0.588. The maximum atomic E-state index is 10.4. The molecule has 0 fully saturated rings. The second-order valence-corrected chi connectivity index (χ2v) is 4.02. The Kier molecular flexibility index (Phi) is 5.48. The van der Waals surface area contributed by atoms with Gasteiger partial charge in [0.15, 0.2) is 0 Å². The molecule has 0 aromatic heterocycles. The fourth-order valence-electron chi connectivity index (χ4n) is 1.07. The summed E-state index contributed by atoms with van der Waals surface area (Å²) in [5.41, 5.74) is 1.98. The molecule has 1 aromatic carbocycles. The third-order valence-electron chi connectivity index (χ3n) is 1.92. The number of hydrogen-bond acceptors (Lipinski definition) is 4. The van der Waals surface area contributed by atoms with E-state index in [0.717, 1.165) is 0 Å². The van der Waals surface area contributed by atoms with Crippen molar-refractivity contribution in [1.82, 2.24) is 5.48 Å². The van der Waals surface area contributed by atoms with Crippen LogP contribution in [0, 0.1) is 0 Å². The molecule has 0 saturated heterocycles. The highest BCUT2D eigenvalue weighted by molar-refractivity contribution is 6.30. The van der Waals surface area contributed by atoms with Crippen LogP contribution in [0.2, 0.25) is 5.02 Å². The molecule has 1 atom stereocenters. The highest BCUT2D eigenvalue weighted by Gasteiger charge is 2.07. The van der Waals surface area contributed by atoms with E-state index < -0.39 is 5.97 Å². The number of aliphatic carboxylic acids is 1. The number of carboxylic acids is 1. The van der Waals surface area contributed by atoms with E-state index in [0.29, 0.717) is 10.8 Å². The third-order valence-corrected chi connectivity index (χ3v) is 2.17. The van der Waals surface area contributed by atoms with Gasteiger partial charge >= 0.3 is 5.97 Å². The van der Waals surface area contributed by atoms with Crippen LogP contribution in [0.15, 0.2) is 36.5 Å². The average Bonchev–Trinajstić information content (AvgIpc) is 2.32. The molecule has 1 rings (SSSR count). The molecular weight excluding hydrogens is 258 g/mol. The summed E-state index contributed by atoms with van der Waals surface area (Å²) in [6.45, 7) is 5.22.